The number of esters is 1. The molecule has 0 unspecified atom stereocenters. The van der Waals surface area contributed by atoms with Gasteiger partial charge in [-0.05, 0) is 147 Å². The smallest absolute Gasteiger partial charge is 0.309 e. The Bertz CT molecular complexity index is 1640. The van der Waals surface area contributed by atoms with E-state index in [1.54, 1.807) is 0 Å². The number of ether oxygens (including phenoxy) is 1. The standard InChI is InChI=1S/C46H70N2O6/c1-27(2)36-32(49)25-46(40(53)48-23-16-28(26-48)47-21-10-11-22-47)20-19-44(8)29(37(36)46)12-13-34-43(7)17-15-35(42(5,6)33(43)14-18-45(34,44)9)54-39(52)31-24-30(38(50)51)41(31,3)4/h27-31,33-35H,10-26H2,1-9H3,(H,50,51)/t28-,29-,30+,31-,33+,34-,35+,43+,44-,45-,46-/m1/s1. The minimum absolute atomic E-state index is 0.0131. The molecule has 8 nitrogen and oxygen atoms in total. The summed E-state index contributed by atoms with van der Waals surface area (Å²) in [6, 6.07) is 0.457. The molecule has 0 bridgehead atoms. The zero-order valence-corrected chi connectivity index (χ0v) is 35.0. The van der Waals surface area contributed by atoms with Crippen LogP contribution >= 0.6 is 0 Å². The highest BCUT2D eigenvalue weighted by molar-refractivity contribution is 6.07. The molecule has 1 N–H and O–H groups in total. The Morgan fingerprint density at radius 3 is 2.13 bits per heavy atom. The molecule has 6 aliphatic carbocycles. The fourth-order valence-corrected chi connectivity index (χ4v) is 15.7. The summed E-state index contributed by atoms with van der Waals surface area (Å²) in [6.45, 7) is 24.4. The van der Waals surface area contributed by atoms with Crippen molar-refractivity contribution in [2.45, 2.75) is 158 Å². The predicted molar refractivity (Wildman–Crippen MR) is 208 cm³/mol. The van der Waals surface area contributed by atoms with Crippen LogP contribution in [0.15, 0.2) is 11.1 Å². The first kappa shape index (κ1) is 38.6. The third-order valence-corrected chi connectivity index (χ3v) is 19.0. The van der Waals surface area contributed by atoms with E-state index in [4.69, 9.17) is 4.74 Å². The normalized spacial score (nSPS) is 45.3. The minimum Gasteiger partial charge on any atom is -0.481 e. The number of carbonyl (C=O) groups excluding carboxylic acids is 3. The van der Waals surface area contributed by atoms with Gasteiger partial charge in [-0.15, -0.1) is 0 Å². The average molecular weight is 747 g/mol. The van der Waals surface area contributed by atoms with E-state index < -0.39 is 22.7 Å². The van der Waals surface area contributed by atoms with Crippen molar-refractivity contribution in [2.75, 3.05) is 26.2 Å². The molecular weight excluding hydrogens is 677 g/mol. The molecular formula is C46H70N2O6. The number of allylic oxidation sites excluding steroid dienone is 1. The van der Waals surface area contributed by atoms with Gasteiger partial charge >= 0.3 is 11.9 Å². The second-order valence-electron chi connectivity index (χ2n) is 22.0. The highest BCUT2D eigenvalue weighted by atomic mass is 16.5. The van der Waals surface area contributed by atoms with Crippen LogP contribution in [0.4, 0.5) is 0 Å². The van der Waals surface area contributed by atoms with Gasteiger partial charge in [-0.25, -0.2) is 0 Å². The van der Waals surface area contributed by atoms with Crippen molar-refractivity contribution in [2.24, 2.45) is 68.0 Å². The maximum atomic E-state index is 15.0. The highest BCUT2D eigenvalue weighted by Gasteiger charge is 2.71. The van der Waals surface area contributed by atoms with Crippen LogP contribution in [-0.2, 0) is 23.9 Å². The van der Waals surface area contributed by atoms with Crippen LogP contribution < -0.4 is 0 Å². The Hall–Kier alpha value is -2.22. The first-order valence-corrected chi connectivity index (χ1v) is 22.0. The Kier molecular flexibility index (Phi) is 9.05. The SMILES string of the molecule is CC(C)C1=C2[C@H]3CC[C@@H]4[C@@]5(C)CC[C@H](OC(=O)[C@H]6C[C@@H](C(=O)O)C6(C)C)C(C)(C)[C@@H]5CC[C@@]4(C)[C@]3(C)CC[C@@]2(C(=O)N2CC[C@@H](N3CCCC3)C2)CC1=O. The van der Waals surface area contributed by atoms with Gasteiger partial charge in [0.15, 0.2) is 5.78 Å². The van der Waals surface area contributed by atoms with E-state index in [2.05, 4.69) is 58.3 Å². The summed E-state index contributed by atoms with van der Waals surface area (Å²) in [5.41, 5.74) is 0.912. The van der Waals surface area contributed by atoms with Crippen molar-refractivity contribution in [1.82, 2.24) is 9.80 Å². The number of carboxylic acids is 1. The maximum absolute atomic E-state index is 15.0. The largest absolute Gasteiger partial charge is 0.481 e. The van der Waals surface area contributed by atoms with E-state index in [1.165, 1.54) is 18.4 Å². The number of aliphatic carboxylic acids is 1. The summed E-state index contributed by atoms with van der Waals surface area (Å²) in [5.74, 6) is -0.173. The minimum atomic E-state index is -0.823. The quantitative estimate of drug-likeness (QED) is 0.273. The number of carboxylic acid groups (broad SMARTS) is 1. The Balaban J connectivity index is 1.05. The molecule has 2 saturated heterocycles. The zero-order chi connectivity index (χ0) is 39.0. The fraction of sp³-hybridized carbons (Fsp3) is 0.870. The van der Waals surface area contributed by atoms with Gasteiger partial charge in [0.2, 0.25) is 5.91 Å². The van der Waals surface area contributed by atoms with Crippen LogP contribution in [-0.4, -0.2) is 76.9 Å². The fourth-order valence-electron chi connectivity index (χ4n) is 15.7. The lowest BCUT2D eigenvalue weighted by Gasteiger charge is -2.72. The Morgan fingerprint density at radius 1 is 0.778 bits per heavy atom. The first-order chi connectivity index (χ1) is 25.2. The Labute approximate surface area is 324 Å². The molecule has 7 fully saturated rings. The molecule has 2 aliphatic heterocycles. The van der Waals surface area contributed by atoms with Crippen molar-refractivity contribution in [3.63, 3.8) is 0 Å². The molecule has 0 radical (unpaired) electrons. The third-order valence-electron chi connectivity index (χ3n) is 19.0. The molecule has 8 heteroatoms. The van der Waals surface area contributed by atoms with E-state index in [1.807, 2.05) is 13.8 Å². The second kappa shape index (κ2) is 12.6. The number of likely N-dealkylation sites (tertiary alicyclic amines) is 2. The molecule has 8 aliphatic rings. The lowest BCUT2D eigenvalue weighted by molar-refractivity contribution is -0.236. The number of nitrogens with zero attached hydrogens (tertiary/aromatic N) is 2. The van der Waals surface area contributed by atoms with E-state index in [0.717, 1.165) is 89.5 Å². The summed E-state index contributed by atoms with van der Waals surface area (Å²) < 4.78 is 6.43. The van der Waals surface area contributed by atoms with Gasteiger partial charge in [0.1, 0.15) is 6.10 Å². The van der Waals surface area contributed by atoms with Crippen LogP contribution in [0.5, 0.6) is 0 Å². The van der Waals surface area contributed by atoms with Crippen LogP contribution in [0.25, 0.3) is 0 Å². The summed E-state index contributed by atoms with van der Waals surface area (Å²) in [4.78, 5) is 59.4. The van der Waals surface area contributed by atoms with Crippen LogP contribution in [0.2, 0.25) is 0 Å². The number of rotatable bonds is 6. The molecule has 0 spiro atoms. The van der Waals surface area contributed by atoms with Gasteiger partial charge in [-0.2, -0.15) is 0 Å². The Morgan fingerprint density at radius 2 is 1.48 bits per heavy atom. The number of ketones is 1. The summed E-state index contributed by atoms with van der Waals surface area (Å²) in [7, 11) is 0. The molecule has 54 heavy (non-hydrogen) atoms. The van der Waals surface area contributed by atoms with Crippen molar-refractivity contribution >= 4 is 23.6 Å². The topological polar surface area (TPSA) is 104 Å². The van der Waals surface area contributed by atoms with Crippen molar-refractivity contribution in [3.8, 4) is 0 Å². The van der Waals surface area contributed by atoms with Gasteiger partial charge in [0, 0.05) is 31.0 Å². The van der Waals surface area contributed by atoms with Gasteiger partial charge in [-0.3, -0.25) is 24.1 Å². The first-order valence-electron chi connectivity index (χ1n) is 22.0. The number of hydrogen-bond donors (Lipinski definition) is 1. The molecule has 1 amide bonds. The number of Topliss-reactive ketones (excluding diaryl/α,β-unsaturated/α-hetero) is 1. The zero-order valence-electron chi connectivity index (χ0n) is 35.0. The van der Waals surface area contributed by atoms with E-state index in [-0.39, 0.29) is 63.2 Å². The number of amides is 1. The lowest BCUT2D eigenvalue weighted by Crippen LogP contribution is -2.66. The molecule has 0 aromatic rings. The molecule has 8 rings (SSSR count). The van der Waals surface area contributed by atoms with Crippen molar-refractivity contribution < 1.29 is 29.0 Å². The van der Waals surface area contributed by atoms with E-state index in [0.29, 0.717) is 30.7 Å². The number of carbonyl (C=O) groups is 4. The average Bonchev–Trinajstić information content (AvgIpc) is 3.85. The summed E-state index contributed by atoms with van der Waals surface area (Å²) >= 11 is 0. The molecule has 5 saturated carbocycles. The molecule has 2 heterocycles. The summed E-state index contributed by atoms with van der Waals surface area (Å²) in [6.07, 6.45) is 12.0. The lowest BCUT2D eigenvalue weighted by atomic mass is 9.33. The van der Waals surface area contributed by atoms with Crippen LogP contribution in [0, 0.1) is 68.0 Å². The van der Waals surface area contributed by atoms with Gasteiger partial charge in [0.25, 0.3) is 0 Å². The predicted octanol–water partition coefficient (Wildman–Crippen LogP) is 8.32. The van der Waals surface area contributed by atoms with Gasteiger partial charge in [0.05, 0.1) is 17.3 Å². The third kappa shape index (κ3) is 5.14. The maximum Gasteiger partial charge on any atom is 0.309 e. The highest BCUT2D eigenvalue weighted by Crippen LogP contribution is 2.77. The second-order valence-corrected chi connectivity index (χ2v) is 22.0. The molecule has 0 aromatic heterocycles. The monoisotopic (exact) mass is 747 g/mol. The van der Waals surface area contributed by atoms with Crippen LogP contribution in [0.1, 0.15) is 146 Å². The van der Waals surface area contributed by atoms with Gasteiger partial charge < -0.3 is 14.7 Å². The number of fused-ring (bicyclic) bond motifs is 7. The van der Waals surface area contributed by atoms with Crippen molar-refractivity contribution in [1.29, 1.82) is 0 Å². The summed E-state index contributed by atoms with van der Waals surface area (Å²) in [5, 5.41) is 9.67. The van der Waals surface area contributed by atoms with Crippen molar-refractivity contribution in [3.05, 3.63) is 11.1 Å². The number of hydrogen-bond acceptors (Lipinski definition) is 6. The van der Waals surface area contributed by atoms with E-state index >= 15 is 4.79 Å². The van der Waals surface area contributed by atoms with Crippen LogP contribution in [0.3, 0.4) is 0 Å². The molecule has 300 valence electrons. The van der Waals surface area contributed by atoms with Gasteiger partial charge in [-0.1, -0.05) is 62.3 Å². The molecule has 0 aromatic carbocycles. The molecule has 11 atom stereocenters. The van der Waals surface area contributed by atoms with E-state index in [9.17, 15) is 19.5 Å².